The Hall–Kier alpha value is -3.58. The van der Waals surface area contributed by atoms with Gasteiger partial charge in [-0.2, -0.15) is 11.8 Å². The monoisotopic (exact) mass is 548 g/mol. The number of amides is 3. The van der Waals surface area contributed by atoms with Crippen LogP contribution in [-0.2, 0) is 32.0 Å². The van der Waals surface area contributed by atoms with Crippen molar-refractivity contribution >= 4 is 35.5 Å². The van der Waals surface area contributed by atoms with Crippen LogP contribution in [0, 0.1) is 5.92 Å². The molecule has 0 aliphatic rings. The number of aromatic hydroxyl groups is 1. The number of hydrogen-bond acceptors (Lipinski definition) is 8. The van der Waals surface area contributed by atoms with Gasteiger partial charge in [-0.3, -0.25) is 14.4 Å². The zero-order valence-corrected chi connectivity index (χ0v) is 22.5. The Morgan fingerprint density at radius 3 is 2.13 bits per heavy atom. The Balaban J connectivity index is 2.18. The molecule has 1 heterocycles. The first kappa shape index (κ1) is 30.6. The molecule has 0 saturated heterocycles. The van der Waals surface area contributed by atoms with Gasteiger partial charge in [0.1, 0.15) is 23.9 Å². The number of aliphatic carboxylic acids is 1. The number of nitrogens with one attached hydrogen (secondary N) is 4. The third-order valence-electron chi connectivity index (χ3n) is 5.87. The van der Waals surface area contributed by atoms with Crippen molar-refractivity contribution in [3.05, 3.63) is 48.0 Å². The quantitative estimate of drug-likeness (QED) is 0.162. The number of nitrogens with zero attached hydrogens (tertiary/aromatic N) is 1. The van der Waals surface area contributed by atoms with Gasteiger partial charge in [-0.1, -0.05) is 26.0 Å². The first-order valence-corrected chi connectivity index (χ1v) is 13.5. The summed E-state index contributed by atoms with van der Waals surface area (Å²) in [5, 5.41) is 27.0. The predicted molar refractivity (Wildman–Crippen MR) is 143 cm³/mol. The van der Waals surface area contributed by atoms with Gasteiger partial charge < -0.3 is 36.9 Å². The standard InChI is InChI=1S/C25H36N6O6S/c1-14(2)21(26)24(35)30-19(11-16-12-27-13-28-16)23(34)29-18(8-9-38-3)22(33)31-20(25(36)37)10-15-4-6-17(32)7-5-15/h4-7,12-14,18-21,32H,8-11,26H2,1-3H3,(H,27,28)(H,29,34)(H,30,35)(H,31,33)(H,36,37). The van der Waals surface area contributed by atoms with Crippen molar-refractivity contribution in [3.63, 3.8) is 0 Å². The predicted octanol–water partition coefficient (Wildman–Crippen LogP) is 0.176. The number of nitrogens with two attached hydrogens (primary N) is 1. The zero-order chi connectivity index (χ0) is 28.2. The SMILES string of the molecule is CSCCC(NC(=O)C(Cc1cnc[nH]1)NC(=O)C(N)C(C)C)C(=O)NC(Cc1ccc(O)cc1)C(=O)O. The van der Waals surface area contributed by atoms with Gasteiger partial charge in [0.15, 0.2) is 0 Å². The van der Waals surface area contributed by atoms with Crippen LogP contribution >= 0.6 is 11.8 Å². The van der Waals surface area contributed by atoms with E-state index in [1.165, 1.54) is 36.4 Å². The maximum atomic E-state index is 13.3. The van der Waals surface area contributed by atoms with Gasteiger partial charge in [0.05, 0.1) is 12.4 Å². The number of carbonyl (C=O) groups is 4. The summed E-state index contributed by atoms with van der Waals surface area (Å²) in [6, 6.07) is 1.79. The average molecular weight is 549 g/mol. The van der Waals surface area contributed by atoms with Crippen LogP contribution in [0.5, 0.6) is 5.75 Å². The molecular weight excluding hydrogens is 512 g/mol. The third kappa shape index (κ3) is 9.71. The number of aromatic nitrogens is 2. The van der Waals surface area contributed by atoms with Crippen LogP contribution in [0.1, 0.15) is 31.5 Å². The average Bonchev–Trinajstić information content (AvgIpc) is 3.39. The number of benzene rings is 1. The lowest BCUT2D eigenvalue weighted by atomic mass is 10.0. The van der Waals surface area contributed by atoms with E-state index < -0.39 is 47.9 Å². The molecule has 0 radical (unpaired) electrons. The number of rotatable bonds is 15. The Bertz CT molecular complexity index is 1060. The van der Waals surface area contributed by atoms with Crippen LogP contribution in [0.4, 0.5) is 0 Å². The van der Waals surface area contributed by atoms with Crippen molar-refractivity contribution in [2.24, 2.45) is 11.7 Å². The number of H-pyrrole nitrogens is 1. The van der Waals surface area contributed by atoms with E-state index in [0.29, 0.717) is 17.0 Å². The summed E-state index contributed by atoms with van der Waals surface area (Å²) in [4.78, 5) is 57.7. The van der Waals surface area contributed by atoms with Crippen LogP contribution in [0.25, 0.3) is 0 Å². The fourth-order valence-corrected chi connectivity index (χ4v) is 3.98. The van der Waals surface area contributed by atoms with E-state index in [2.05, 4.69) is 25.9 Å². The lowest BCUT2D eigenvalue weighted by Gasteiger charge is -2.25. The number of thioether (sulfide) groups is 1. The fourth-order valence-electron chi connectivity index (χ4n) is 3.51. The van der Waals surface area contributed by atoms with E-state index in [9.17, 15) is 29.4 Å². The van der Waals surface area contributed by atoms with Crippen LogP contribution in [0.2, 0.25) is 0 Å². The molecule has 4 unspecified atom stereocenters. The summed E-state index contributed by atoms with van der Waals surface area (Å²) >= 11 is 1.46. The largest absolute Gasteiger partial charge is 0.508 e. The molecule has 1 aromatic carbocycles. The van der Waals surface area contributed by atoms with Crippen molar-refractivity contribution in [3.8, 4) is 5.75 Å². The molecule has 12 nitrogen and oxygen atoms in total. The van der Waals surface area contributed by atoms with Gasteiger partial charge in [-0.05, 0) is 42.0 Å². The Kier molecular flexibility index (Phi) is 12.1. The van der Waals surface area contributed by atoms with Crippen molar-refractivity contribution in [1.82, 2.24) is 25.9 Å². The highest BCUT2D eigenvalue weighted by atomic mass is 32.2. The molecule has 0 spiro atoms. The molecule has 13 heteroatoms. The van der Waals surface area contributed by atoms with Gasteiger partial charge in [0, 0.05) is 24.7 Å². The van der Waals surface area contributed by atoms with E-state index in [-0.39, 0.29) is 30.9 Å². The van der Waals surface area contributed by atoms with Gasteiger partial charge in [-0.15, -0.1) is 0 Å². The van der Waals surface area contributed by atoms with Crippen molar-refractivity contribution in [2.75, 3.05) is 12.0 Å². The van der Waals surface area contributed by atoms with E-state index in [1.807, 2.05) is 6.26 Å². The number of phenols is 1. The van der Waals surface area contributed by atoms with Crippen LogP contribution in [0.15, 0.2) is 36.8 Å². The minimum atomic E-state index is -1.26. The molecule has 8 N–H and O–H groups in total. The van der Waals surface area contributed by atoms with Gasteiger partial charge >= 0.3 is 5.97 Å². The fraction of sp³-hybridized carbons (Fsp3) is 0.480. The third-order valence-corrected chi connectivity index (χ3v) is 6.51. The minimum Gasteiger partial charge on any atom is -0.508 e. The molecule has 0 aliphatic heterocycles. The van der Waals surface area contributed by atoms with Crippen LogP contribution < -0.4 is 21.7 Å². The van der Waals surface area contributed by atoms with Crippen LogP contribution in [-0.4, -0.2) is 80.0 Å². The number of carboxylic acids is 1. The van der Waals surface area contributed by atoms with Gasteiger partial charge in [0.25, 0.3) is 0 Å². The number of carboxylic acid groups (broad SMARTS) is 1. The number of phenolic OH excluding ortho intramolecular Hbond substituents is 1. The number of aromatic amines is 1. The zero-order valence-electron chi connectivity index (χ0n) is 21.6. The van der Waals surface area contributed by atoms with E-state index in [1.54, 1.807) is 26.0 Å². The molecule has 1 aromatic heterocycles. The lowest BCUT2D eigenvalue weighted by Crippen LogP contribution is -2.58. The summed E-state index contributed by atoms with van der Waals surface area (Å²) < 4.78 is 0. The van der Waals surface area contributed by atoms with E-state index >= 15 is 0 Å². The molecule has 0 saturated carbocycles. The summed E-state index contributed by atoms with van der Waals surface area (Å²) in [5.74, 6) is -2.63. The topological polar surface area (TPSA) is 200 Å². The van der Waals surface area contributed by atoms with Crippen LogP contribution in [0.3, 0.4) is 0 Å². The van der Waals surface area contributed by atoms with E-state index in [4.69, 9.17) is 5.73 Å². The number of carbonyl (C=O) groups excluding carboxylic acids is 3. The molecular formula is C25H36N6O6S. The van der Waals surface area contributed by atoms with Crippen molar-refractivity contribution in [1.29, 1.82) is 0 Å². The maximum absolute atomic E-state index is 13.3. The number of imidazole rings is 1. The van der Waals surface area contributed by atoms with Gasteiger partial charge in [0.2, 0.25) is 17.7 Å². The molecule has 208 valence electrons. The van der Waals surface area contributed by atoms with Crippen molar-refractivity contribution < 1.29 is 29.4 Å². The molecule has 0 fully saturated rings. The smallest absolute Gasteiger partial charge is 0.326 e. The molecule has 4 atom stereocenters. The molecule has 38 heavy (non-hydrogen) atoms. The molecule has 0 aliphatic carbocycles. The second-order valence-electron chi connectivity index (χ2n) is 9.22. The van der Waals surface area contributed by atoms with E-state index in [0.717, 1.165) is 0 Å². The Morgan fingerprint density at radius 1 is 0.974 bits per heavy atom. The summed E-state index contributed by atoms with van der Waals surface area (Å²) in [6.07, 6.45) is 5.11. The summed E-state index contributed by atoms with van der Waals surface area (Å²) in [7, 11) is 0. The molecule has 3 amide bonds. The first-order chi connectivity index (χ1) is 18.0. The first-order valence-electron chi connectivity index (χ1n) is 12.1. The summed E-state index contributed by atoms with van der Waals surface area (Å²) in [5.41, 5.74) is 7.14. The molecule has 2 aromatic rings. The Labute approximate surface area is 225 Å². The number of hydrogen-bond donors (Lipinski definition) is 7. The van der Waals surface area contributed by atoms with Crippen molar-refractivity contribution in [2.45, 2.75) is 57.3 Å². The normalized spacial score (nSPS) is 14.2. The molecule has 2 rings (SSSR count). The molecule has 0 bridgehead atoms. The minimum absolute atomic E-state index is 0.0177. The second kappa shape index (κ2) is 15.0. The van der Waals surface area contributed by atoms with Gasteiger partial charge in [-0.25, -0.2) is 9.78 Å². The lowest BCUT2D eigenvalue weighted by molar-refractivity contribution is -0.142. The highest BCUT2D eigenvalue weighted by molar-refractivity contribution is 7.98. The highest BCUT2D eigenvalue weighted by Crippen LogP contribution is 2.12. The maximum Gasteiger partial charge on any atom is 0.326 e. The second-order valence-corrected chi connectivity index (χ2v) is 10.2. The highest BCUT2D eigenvalue weighted by Gasteiger charge is 2.31. The Morgan fingerprint density at radius 2 is 1.58 bits per heavy atom. The summed E-state index contributed by atoms with van der Waals surface area (Å²) in [6.45, 7) is 3.57.